The van der Waals surface area contributed by atoms with Gasteiger partial charge in [0.05, 0.1) is 23.8 Å². The predicted octanol–water partition coefficient (Wildman–Crippen LogP) is 3.09. The molecule has 1 N–H and O–H groups in total. The molecule has 3 aromatic rings. The number of hydrogen-bond donors (Lipinski definition) is 1. The molecular weight excluding hydrogens is 389 g/mol. The lowest BCUT2D eigenvalue weighted by Crippen LogP contribution is -2.32. The standard InChI is InChI=1S/C21H24FN5O3/c1-21(2,3)20-25-17(26-30-20)12-23-19(28)15-9-11-29-18(15)16-8-10-24-27(16)14-6-4-13(22)5-7-14/h4-8,10,15,18H,9,11-12H2,1-3H3,(H,23,28)/t15-,18-/m0/s1. The first kappa shape index (κ1) is 20.2. The second kappa shape index (κ2) is 7.98. The van der Waals surface area contributed by atoms with Crippen LogP contribution in [0.25, 0.3) is 5.69 Å². The van der Waals surface area contributed by atoms with Gasteiger partial charge in [0.1, 0.15) is 11.9 Å². The Bertz CT molecular complexity index is 1020. The van der Waals surface area contributed by atoms with Crippen LogP contribution in [0, 0.1) is 11.7 Å². The topological polar surface area (TPSA) is 95.1 Å². The lowest BCUT2D eigenvalue weighted by atomic mass is 9.97. The molecule has 4 rings (SSSR count). The van der Waals surface area contributed by atoms with Crippen LogP contribution in [0.5, 0.6) is 0 Å². The van der Waals surface area contributed by atoms with E-state index in [1.54, 1.807) is 23.0 Å². The van der Waals surface area contributed by atoms with Gasteiger partial charge in [-0.2, -0.15) is 10.1 Å². The fourth-order valence-corrected chi connectivity index (χ4v) is 3.40. The molecule has 158 valence electrons. The number of hydrogen-bond acceptors (Lipinski definition) is 6. The van der Waals surface area contributed by atoms with Crippen LogP contribution < -0.4 is 5.32 Å². The van der Waals surface area contributed by atoms with Crippen molar-refractivity contribution in [3.8, 4) is 5.69 Å². The minimum atomic E-state index is -0.451. The first-order chi connectivity index (χ1) is 14.3. The number of ether oxygens (including phenoxy) is 1. The second-order valence-electron chi connectivity index (χ2n) is 8.31. The minimum absolute atomic E-state index is 0.147. The summed E-state index contributed by atoms with van der Waals surface area (Å²) in [6, 6.07) is 7.83. The fraction of sp³-hybridized carbons (Fsp3) is 0.429. The van der Waals surface area contributed by atoms with Gasteiger partial charge in [-0.1, -0.05) is 25.9 Å². The van der Waals surface area contributed by atoms with Crippen LogP contribution in [0.1, 0.15) is 50.7 Å². The molecule has 1 aliphatic rings. The van der Waals surface area contributed by atoms with Gasteiger partial charge in [0.2, 0.25) is 11.8 Å². The Labute approximate surface area is 173 Å². The van der Waals surface area contributed by atoms with Gasteiger partial charge in [0, 0.05) is 18.2 Å². The highest BCUT2D eigenvalue weighted by Gasteiger charge is 2.37. The molecule has 2 atom stereocenters. The number of nitrogens with zero attached hydrogens (tertiary/aromatic N) is 4. The minimum Gasteiger partial charge on any atom is -0.371 e. The summed E-state index contributed by atoms with van der Waals surface area (Å²) < 4.78 is 26.1. The van der Waals surface area contributed by atoms with Gasteiger partial charge >= 0.3 is 0 Å². The summed E-state index contributed by atoms with van der Waals surface area (Å²) in [6.07, 6.45) is 1.78. The molecule has 1 aliphatic heterocycles. The van der Waals surface area contributed by atoms with Crippen LogP contribution in [-0.2, 0) is 21.5 Å². The van der Waals surface area contributed by atoms with E-state index in [0.717, 1.165) is 5.69 Å². The average molecular weight is 413 g/mol. The smallest absolute Gasteiger partial charge is 0.232 e. The molecule has 1 fully saturated rings. The third kappa shape index (κ3) is 4.11. The Morgan fingerprint density at radius 2 is 2.03 bits per heavy atom. The van der Waals surface area contributed by atoms with E-state index in [4.69, 9.17) is 9.26 Å². The number of carbonyl (C=O) groups is 1. The quantitative estimate of drug-likeness (QED) is 0.691. The van der Waals surface area contributed by atoms with Crippen molar-refractivity contribution < 1.29 is 18.4 Å². The summed E-state index contributed by atoms with van der Waals surface area (Å²) in [6.45, 7) is 6.58. The molecule has 0 saturated carbocycles. The van der Waals surface area contributed by atoms with Crippen LogP contribution in [0.3, 0.4) is 0 Å². The lowest BCUT2D eigenvalue weighted by molar-refractivity contribution is -0.127. The van der Waals surface area contributed by atoms with E-state index in [-0.39, 0.29) is 29.6 Å². The molecule has 1 aromatic carbocycles. The normalized spacial score (nSPS) is 19.2. The van der Waals surface area contributed by atoms with Crippen LogP contribution >= 0.6 is 0 Å². The van der Waals surface area contributed by atoms with Gasteiger partial charge in [-0.15, -0.1) is 0 Å². The molecule has 1 amide bonds. The molecule has 0 aliphatic carbocycles. The van der Waals surface area contributed by atoms with Gasteiger partial charge in [0.25, 0.3) is 0 Å². The van der Waals surface area contributed by atoms with E-state index < -0.39 is 6.10 Å². The van der Waals surface area contributed by atoms with E-state index in [2.05, 4.69) is 20.6 Å². The molecule has 0 unspecified atom stereocenters. The highest BCUT2D eigenvalue weighted by molar-refractivity contribution is 5.79. The van der Waals surface area contributed by atoms with Crippen LogP contribution in [0.15, 0.2) is 41.1 Å². The second-order valence-corrected chi connectivity index (χ2v) is 8.31. The maximum absolute atomic E-state index is 13.3. The van der Waals surface area contributed by atoms with Crippen LogP contribution in [0.4, 0.5) is 4.39 Å². The number of rotatable bonds is 5. The number of carbonyl (C=O) groups excluding carboxylic acids is 1. The van der Waals surface area contributed by atoms with Gasteiger partial charge in [-0.25, -0.2) is 9.07 Å². The molecule has 0 bridgehead atoms. The van der Waals surface area contributed by atoms with Crippen molar-refractivity contribution in [3.63, 3.8) is 0 Å². The highest BCUT2D eigenvalue weighted by Crippen LogP contribution is 2.35. The highest BCUT2D eigenvalue weighted by atomic mass is 19.1. The maximum atomic E-state index is 13.3. The summed E-state index contributed by atoms with van der Waals surface area (Å²) in [5.41, 5.74) is 1.19. The number of nitrogens with one attached hydrogen (secondary N) is 1. The summed E-state index contributed by atoms with van der Waals surface area (Å²) in [7, 11) is 0. The van der Waals surface area contributed by atoms with E-state index in [0.29, 0.717) is 30.4 Å². The summed E-state index contributed by atoms with van der Waals surface area (Å²) >= 11 is 0. The monoisotopic (exact) mass is 413 g/mol. The molecular formula is C21H24FN5O3. The Kier molecular flexibility index (Phi) is 5.38. The molecule has 0 radical (unpaired) electrons. The Balaban J connectivity index is 1.46. The van der Waals surface area contributed by atoms with Crippen molar-refractivity contribution in [2.24, 2.45) is 5.92 Å². The van der Waals surface area contributed by atoms with Crippen molar-refractivity contribution in [1.29, 1.82) is 0 Å². The summed E-state index contributed by atoms with van der Waals surface area (Å²) in [5.74, 6) is 0.108. The van der Waals surface area contributed by atoms with Gasteiger partial charge in [-0.3, -0.25) is 4.79 Å². The zero-order valence-electron chi connectivity index (χ0n) is 17.1. The zero-order valence-corrected chi connectivity index (χ0v) is 17.1. The van der Waals surface area contributed by atoms with Crippen molar-refractivity contribution in [2.75, 3.05) is 6.61 Å². The average Bonchev–Trinajstić information content (AvgIpc) is 3.45. The molecule has 0 spiro atoms. The van der Waals surface area contributed by atoms with E-state index >= 15 is 0 Å². The van der Waals surface area contributed by atoms with E-state index in [1.165, 1.54) is 12.1 Å². The van der Waals surface area contributed by atoms with Crippen molar-refractivity contribution in [2.45, 2.75) is 45.3 Å². The molecule has 2 aromatic heterocycles. The first-order valence-electron chi connectivity index (χ1n) is 9.85. The molecule has 30 heavy (non-hydrogen) atoms. The van der Waals surface area contributed by atoms with Gasteiger partial charge in [0.15, 0.2) is 5.82 Å². The molecule has 8 nitrogen and oxygen atoms in total. The van der Waals surface area contributed by atoms with Gasteiger partial charge < -0.3 is 14.6 Å². The van der Waals surface area contributed by atoms with E-state index in [1.807, 2.05) is 26.8 Å². The number of amides is 1. The fourth-order valence-electron chi connectivity index (χ4n) is 3.40. The lowest BCUT2D eigenvalue weighted by Gasteiger charge is -2.19. The zero-order chi connectivity index (χ0) is 21.3. The Hall–Kier alpha value is -3.07. The molecule has 9 heteroatoms. The number of aromatic nitrogens is 4. The summed E-state index contributed by atoms with van der Waals surface area (Å²) in [4.78, 5) is 17.2. The first-order valence-corrected chi connectivity index (χ1v) is 9.85. The predicted molar refractivity (Wildman–Crippen MR) is 105 cm³/mol. The third-order valence-electron chi connectivity index (χ3n) is 4.99. The van der Waals surface area contributed by atoms with Crippen LogP contribution in [0.2, 0.25) is 0 Å². The van der Waals surface area contributed by atoms with Crippen LogP contribution in [-0.4, -0.2) is 32.4 Å². The summed E-state index contributed by atoms with van der Waals surface area (Å²) in [5, 5.41) is 11.1. The number of benzene rings is 1. The van der Waals surface area contributed by atoms with Crippen molar-refractivity contribution in [1.82, 2.24) is 25.2 Å². The largest absolute Gasteiger partial charge is 0.371 e. The Morgan fingerprint density at radius 1 is 1.27 bits per heavy atom. The third-order valence-corrected chi connectivity index (χ3v) is 4.99. The molecule has 3 heterocycles. The Morgan fingerprint density at radius 3 is 2.73 bits per heavy atom. The van der Waals surface area contributed by atoms with Crippen molar-refractivity contribution in [3.05, 3.63) is 59.8 Å². The molecule has 1 saturated heterocycles. The van der Waals surface area contributed by atoms with Gasteiger partial charge in [-0.05, 0) is 36.8 Å². The number of halogens is 1. The van der Waals surface area contributed by atoms with E-state index in [9.17, 15) is 9.18 Å². The maximum Gasteiger partial charge on any atom is 0.232 e. The SMILES string of the molecule is CC(C)(C)c1nc(CNC(=O)[C@H]2CCO[C@@H]2c2ccnn2-c2ccc(F)cc2)no1. The van der Waals surface area contributed by atoms with Crippen molar-refractivity contribution >= 4 is 5.91 Å².